The minimum absolute atomic E-state index is 0.695. The molecule has 3 heteroatoms. The van der Waals surface area contributed by atoms with Crippen molar-refractivity contribution in [3.8, 4) is 5.75 Å². The number of ether oxygens (including phenoxy) is 2. The largest absolute Gasteiger partial charge is 0.497 e. The number of hydrogen-bond donors (Lipinski definition) is 0. The van der Waals surface area contributed by atoms with Crippen LogP contribution in [0, 0.1) is 6.92 Å². The average Bonchev–Trinajstić information content (AvgIpc) is 2.70. The van der Waals surface area contributed by atoms with E-state index >= 15 is 0 Å². The molecule has 0 unspecified atom stereocenters. The van der Waals surface area contributed by atoms with Gasteiger partial charge >= 0.3 is 0 Å². The van der Waals surface area contributed by atoms with Gasteiger partial charge in [0.15, 0.2) is 0 Å². The lowest BCUT2D eigenvalue weighted by Crippen LogP contribution is -2.03. The molecule has 2 rings (SSSR count). The van der Waals surface area contributed by atoms with Crippen molar-refractivity contribution in [1.29, 1.82) is 0 Å². The molecule has 0 fully saturated rings. The predicted molar refractivity (Wildman–Crippen MR) is 55.1 cm³/mol. The van der Waals surface area contributed by atoms with Crippen LogP contribution in [0.15, 0.2) is 23.2 Å². The first-order chi connectivity index (χ1) is 6.81. The highest BCUT2D eigenvalue weighted by molar-refractivity contribution is 5.96. The SMILES string of the molecule is COc1ccc(C2=NCCO2)c(C)c1. The van der Waals surface area contributed by atoms with Crippen LogP contribution in [0.5, 0.6) is 5.75 Å². The zero-order valence-corrected chi connectivity index (χ0v) is 8.41. The standard InChI is InChI=1S/C11H13NO2/c1-8-7-9(13-2)3-4-10(8)11-12-5-6-14-11/h3-4,7H,5-6H2,1-2H3. The number of nitrogens with zero attached hydrogens (tertiary/aromatic N) is 1. The normalized spacial score (nSPS) is 14.9. The van der Waals surface area contributed by atoms with Crippen LogP contribution in [0.4, 0.5) is 0 Å². The Hall–Kier alpha value is -1.51. The highest BCUT2D eigenvalue weighted by Crippen LogP contribution is 2.19. The van der Waals surface area contributed by atoms with Crippen molar-refractivity contribution in [2.24, 2.45) is 4.99 Å². The van der Waals surface area contributed by atoms with E-state index in [1.807, 2.05) is 25.1 Å². The highest BCUT2D eigenvalue weighted by Gasteiger charge is 2.12. The van der Waals surface area contributed by atoms with Gasteiger partial charge in [0.25, 0.3) is 0 Å². The second-order valence-corrected chi connectivity index (χ2v) is 3.22. The van der Waals surface area contributed by atoms with Gasteiger partial charge in [-0.15, -0.1) is 0 Å². The maximum Gasteiger partial charge on any atom is 0.216 e. The van der Waals surface area contributed by atoms with Crippen LogP contribution in [0.2, 0.25) is 0 Å². The number of aryl methyl sites for hydroxylation is 1. The molecule has 1 aliphatic heterocycles. The van der Waals surface area contributed by atoms with Crippen molar-refractivity contribution in [2.75, 3.05) is 20.3 Å². The van der Waals surface area contributed by atoms with Crippen molar-refractivity contribution in [3.63, 3.8) is 0 Å². The molecule has 0 spiro atoms. The number of hydrogen-bond acceptors (Lipinski definition) is 3. The fourth-order valence-electron chi connectivity index (χ4n) is 1.50. The van der Waals surface area contributed by atoms with E-state index in [0.717, 1.165) is 29.3 Å². The van der Waals surface area contributed by atoms with Gasteiger partial charge < -0.3 is 9.47 Å². The van der Waals surface area contributed by atoms with Crippen LogP contribution in [0.3, 0.4) is 0 Å². The molecule has 3 nitrogen and oxygen atoms in total. The molecular weight excluding hydrogens is 178 g/mol. The first-order valence-electron chi connectivity index (χ1n) is 4.63. The highest BCUT2D eigenvalue weighted by atomic mass is 16.5. The van der Waals surface area contributed by atoms with Gasteiger partial charge in [-0.05, 0) is 30.7 Å². The first-order valence-corrected chi connectivity index (χ1v) is 4.63. The zero-order valence-electron chi connectivity index (χ0n) is 8.41. The quantitative estimate of drug-likeness (QED) is 0.713. The summed E-state index contributed by atoms with van der Waals surface area (Å²) in [5, 5.41) is 0. The fraction of sp³-hybridized carbons (Fsp3) is 0.364. The van der Waals surface area contributed by atoms with Crippen LogP contribution in [-0.2, 0) is 4.74 Å². The Morgan fingerprint density at radius 3 is 2.86 bits per heavy atom. The molecule has 0 N–H and O–H groups in total. The molecule has 0 saturated heterocycles. The van der Waals surface area contributed by atoms with E-state index in [2.05, 4.69) is 4.99 Å². The van der Waals surface area contributed by atoms with Crippen molar-refractivity contribution in [2.45, 2.75) is 6.92 Å². The second-order valence-electron chi connectivity index (χ2n) is 3.22. The van der Waals surface area contributed by atoms with E-state index < -0.39 is 0 Å². The number of rotatable bonds is 2. The third-order valence-corrected chi connectivity index (χ3v) is 2.25. The molecule has 0 bridgehead atoms. The Morgan fingerprint density at radius 2 is 2.29 bits per heavy atom. The lowest BCUT2D eigenvalue weighted by molar-refractivity contribution is 0.348. The van der Waals surface area contributed by atoms with Gasteiger partial charge in [-0.1, -0.05) is 0 Å². The molecule has 0 aliphatic carbocycles. The van der Waals surface area contributed by atoms with E-state index in [9.17, 15) is 0 Å². The molecule has 1 aromatic carbocycles. The lowest BCUT2D eigenvalue weighted by Gasteiger charge is -2.07. The van der Waals surface area contributed by atoms with Gasteiger partial charge in [0.05, 0.1) is 13.7 Å². The van der Waals surface area contributed by atoms with Gasteiger partial charge in [0.1, 0.15) is 12.4 Å². The minimum Gasteiger partial charge on any atom is -0.497 e. The van der Waals surface area contributed by atoms with E-state index in [-0.39, 0.29) is 0 Å². The Morgan fingerprint density at radius 1 is 1.43 bits per heavy atom. The fourth-order valence-corrected chi connectivity index (χ4v) is 1.50. The summed E-state index contributed by atoms with van der Waals surface area (Å²) in [5.74, 6) is 1.62. The van der Waals surface area contributed by atoms with Crippen LogP contribution in [0.25, 0.3) is 0 Å². The third kappa shape index (κ3) is 1.58. The molecule has 0 radical (unpaired) electrons. The van der Waals surface area contributed by atoms with Gasteiger partial charge in [-0.3, -0.25) is 0 Å². The minimum atomic E-state index is 0.695. The monoisotopic (exact) mass is 191 g/mol. The Labute approximate surface area is 83.4 Å². The van der Waals surface area contributed by atoms with Crippen LogP contribution in [0.1, 0.15) is 11.1 Å². The third-order valence-electron chi connectivity index (χ3n) is 2.25. The summed E-state index contributed by atoms with van der Waals surface area (Å²) in [5.41, 5.74) is 2.19. The maximum absolute atomic E-state index is 5.40. The van der Waals surface area contributed by atoms with Gasteiger partial charge in [0, 0.05) is 5.56 Å². The number of methoxy groups -OCH3 is 1. The van der Waals surface area contributed by atoms with Crippen molar-refractivity contribution in [3.05, 3.63) is 29.3 Å². The lowest BCUT2D eigenvalue weighted by atomic mass is 10.1. The van der Waals surface area contributed by atoms with Gasteiger partial charge in [-0.25, -0.2) is 4.99 Å². The first kappa shape index (κ1) is 9.06. The molecule has 14 heavy (non-hydrogen) atoms. The van der Waals surface area contributed by atoms with Crippen molar-refractivity contribution in [1.82, 2.24) is 0 Å². The zero-order chi connectivity index (χ0) is 9.97. The Bertz CT molecular complexity index is 372. The van der Waals surface area contributed by atoms with Crippen LogP contribution in [-0.4, -0.2) is 26.2 Å². The molecule has 1 aromatic rings. The summed E-state index contributed by atoms with van der Waals surface area (Å²) in [7, 11) is 1.66. The van der Waals surface area contributed by atoms with Crippen LogP contribution < -0.4 is 4.74 Å². The smallest absolute Gasteiger partial charge is 0.216 e. The van der Waals surface area contributed by atoms with Gasteiger partial charge in [-0.2, -0.15) is 0 Å². The summed E-state index contributed by atoms with van der Waals surface area (Å²) >= 11 is 0. The molecule has 0 saturated carbocycles. The number of aliphatic imine (C=N–C) groups is 1. The average molecular weight is 191 g/mol. The molecule has 1 heterocycles. The molecule has 1 aliphatic rings. The summed E-state index contributed by atoms with van der Waals surface area (Å²) < 4.78 is 10.5. The van der Waals surface area contributed by atoms with E-state index in [1.54, 1.807) is 7.11 Å². The van der Waals surface area contributed by atoms with Crippen molar-refractivity contribution >= 4 is 5.90 Å². The summed E-state index contributed by atoms with van der Waals surface area (Å²) in [6, 6.07) is 5.89. The van der Waals surface area contributed by atoms with Crippen LogP contribution >= 0.6 is 0 Å². The van der Waals surface area contributed by atoms with E-state index in [4.69, 9.17) is 9.47 Å². The Balaban J connectivity index is 2.34. The molecule has 0 atom stereocenters. The van der Waals surface area contributed by atoms with Gasteiger partial charge in [0.2, 0.25) is 5.90 Å². The number of benzene rings is 1. The topological polar surface area (TPSA) is 30.8 Å². The van der Waals surface area contributed by atoms with E-state index in [0.29, 0.717) is 6.61 Å². The predicted octanol–water partition coefficient (Wildman–Crippen LogP) is 1.78. The molecular formula is C11H13NO2. The summed E-state index contributed by atoms with van der Waals surface area (Å²) in [6.45, 7) is 3.49. The molecule has 0 amide bonds. The summed E-state index contributed by atoms with van der Waals surface area (Å²) in [6.07, 6.45) is 0. The maximum atomic E-state index is 5.40. The second kappa shape index (κ2) is 3.70. The van der Waals surface area contributed by atoms with E-state index in [1.165, 1.54) is 0 Å². The Kier molecular flexibility index (Phi) is 2.39. The summed E-state index contributed by atoms with van der Waals surface area (Å²) in [4.78, 5) is 4.28. The molecule has 74 valence electrons. The molecule has 0 aromatic heterocycles. The van der Waals surface area contributed by atoms with Crippen molar-refractivity contribution < 1.29 is 9.47 Å².